The van der Waals surface area contributed by atoms with Crippen LogP contribution in [-0.4, -0.2) is 15.9 Å². The van der Waals surface area contributed by atoms with E-state index in [1.165, 1.54) is 6.07 Å². The van der Waals surface area contributed by atoms with Crippen LogP contribution in [0.4, 0.5) is 16.2 Å². The summed E-state index contributed by atoms with van der Waals surface area (Å²) in [6.45, 7) is 0. The Hall–Kier alpha value is -2.22. The average molecular weight is 353 g/mol. The molecule has 2 aromatic rings. The van der Waals surface area contributed by atoms with Crippen molar-refractivity contribution in [2.75, 3.05) is 11.1 Å². The van der Waals surface area contributed by atoms with Crippen LogP contribution in [0.15, 0.2) is 27.5 Å². The molecular weight excluding hydrogens is 343 g/mol. The van der Waals surface area contributed by atoms with Gasteiger partial charge in [0.25, 0.3) is 5.56 Å². The van der Waals surface area contributed by atoms with Crippen molar-refractivity contribution < 1.29 is 9.18 Å². The van der Waals surface area contributed by atoms with Gasteiger partial charge in [-0.2, -0.15) is 4.98 Å². The fourth-order valence-electron chi connectivity index (χ4n) is 2.44. The van der Waals surface area contributed by atoms with E-state index in [0.29, 0.717) is 4.47 Å². The number of carbonyl (C=O) groups excluding carboxylic acids is 1. The molecule has 0 radical (unpaired) electrons. The number of nitrogens with two attached hydrogens (primary N) is 1. The van der Waals surface area contributed by atoms with E-state index in [1.54, 1.807) is 12.1 Å². The zero-order valence-electron chi connectivity index (χ0n) is 10.6. The van der Waals surface area contributed by atoms with Crippen LogP contribution in [0.1, 0.15) is 23.5 Å². The van der Waals surface area contributed by atoms with Gasteiger partial charge in [0.05, 0.1) is 5.56 Å². The molecule has 1 aromatic heterocycles. The number of rotatable bonds is 1. The second-order valence-corrected chi connectivity index (χ2v) is 5.60. The van der Waals surface area contributed by atoms with Crippen molar-refractivity contribution in [3.63, 3.8) is 0 Å². The minimum Gasteiger partial charge on any atom is -0.369 e. The van der Waals surface area contributed by atoms with Crippen LogP contribution in [0.2, 0.25) is 0 Å². The topological polar surface area (TPSA) is 101 Å². The highest BCUT2D eigenvalue weighted by Gasteiger charge is 2.32. The number of nitrogens with zero attached hydrogens (tertiary/aromatic N) is 1. The van der Waals surface area contributed by atoms with Crippen LogP contribution in [-0.2, 0) is 4.79 Å². The lowest BCUT2D eigenvalue weighted by molar-refractivity contribution is -0.116. The van der Waals surface area contributed by atoms with Gasteiger partial charge in [0.1, 0.15) is 11.6 Å². The van der Waals surface area contributed by atoms with Crippen LogP contribution < -0.4 is 16.6 Å². The number of nitrogen functional groups attached to an aromatic ring is 1. The Morgan fingerprint density at radius 3 is 2.90 bits per heavy atom. The van der Waals surface area contributed by atoms with Gasteiger partial charge in [-0.3, -0.25) is 14.6 Å². The molecule has 0 fully saturated rings. The molecular formula is C13H10BrFN4O2. The Morgan fingerprint density at radius 1 is 1.38 bits per heavy atom. The molecule has 0 saturated heterocycles. The molecule has 0 aliphatic carbocycles. The van der Waals surface area contributed by atoms with Crippen molar-refractivity contribution in [2.24, 2.45) is 0 Å². The fraction of sp³-hybridized carbons (Fsp3) is 0.154. The molecule has 1 aliphatic rings. The van der Waals surface area contributed by atoms with Crippen molar-refractivity contribution in [1.82, 2.24) is 9.97 Å². The normalized spacial score (nSPS) is 17.2. The minimum absolute atomic E-state index is 0.0327. The van der Waals surface area contributed by atoms with E-state index >= 15 is 0 Å². The van der Waals surface area contributed by atoms with E-state index in [0.717, 1.165) is 0 Å². The molecule has 8 heteroatoms. The van der Waals surface area contributed by atoms with Gasteiger partial charge in [-0.1, -0.05) is 15.9 Å². The number of halogens is 2. The van der Waals surface area contributed by atoms with Crippen molar-refractivity contribution in [3.8, 4) is 0 Å². The second-order valence-electron chi connectivity index (χ2n) is 4.68. The third kappa shape index (κ3) is 2.42. The molecule has 1 atom stereocenters. The Bertz CT molecular complexity index is 805. The number of nitrogens with one attached hydrogen (secondary N) is 2. The molecule has 0 saturated carbocycles. The number of amides is 1. The number of hydrogen-bond donors (Lipinski definition) is 3. The fourth-order valence-corrected chi connectivity index (χ4v) is 2.81. The van der Waals surface area contributed by atoms with Gasteiger partial charge in [-0.15, -0.1) is 0 Å². The highest BCUT2D eigenvalue weighted by molar-refractivity contribution is 9.10. The SMILES string of the molecule is Nc1nc2c(c(=O)[nH]1)[C@@H](c1cc(Br)ccc1F)CC(=O)N2. The molecule has 2 heterocycles. The molecule has 108 valence electrons. The summed E-state index contributed by atoms with van der Waals surface area (Å²) < 4.78 is 14.7. The zero-order chi connectivity index (χ0) is 15.1. The van der Waals surface area contributed by atoms with Gasteiger partial charge < -0.3 is 11.1 Å². The van der Waals surface area contributed by atoms with Crippen LogP contribution in [0.5, 0.6) is 0 Å². The molecule has 0 bridgehead atoms. The van der Waals surface area contributed by atoms with Gasteiger partial charge in [0.15, 0.2) is 0 Å². The average Bonchev–Trinajstić information content (AvgIpc) is 2.39. The molecule has 6 nitrogen and oxygen atoms in total. The van der Waals surface area contributed by atoms with Crippen LogP contribution >= 0.6 is 15.9 Å². The molecule has 0 unspecified atom stereocenters. The highest BCUT2D eigenvalue weighted by atomic mass is 79.9. The standard InChI is InChI=1S/C13H10BrFN4O2/c14-5-1-2-8(15)6(3-5)7-4-9(20)17-11-10(7)12(21)19-13(16)18-11/h1-3,7H,4H2,(H4,16,17,18,19,20,21)/t7-/m1/s1. The van der Waals surface area contributed by atoms with Crippen LogP contribution in [0, 0.1) is 5.82 Å². The van der Waals surface area contributed by atoms with Crippen molar-refractivity contribution in [3.05, 3.63) is 50.0 Å². The van der Waals surface area contributed by atoms with E-state index in [2.05, 4.69) is 31.2 Å². The summed E-state index contributed by atoms with van der Waals surface area (Å²) in [6, 6.07) is 4.39. The molecule has 1 aromatic carbocycles. The van der Waals surface area contributed by atoms with Crippen molar-refractivity contribution >= 4 is 33.6 Å². The van der Waals surface area contributed by atoms with E-state index < -0.39 is 17.3 Å². The molecule has 4 N–H and O–H groups in total. The summed E-state index contributed by atoms with van der Waals surface area (Å²) in [5.41, 5.74) is 5.45. The number of fused-ring (bicyclic) bond motifs is 1. The molecule has 3 rings (SSSR count). The predicted octanol–water partition coefficient (Wildman–Crippen LogP) is 1.73. The van der Waals surface area contributed by atoms with E-state index in [4.69, 9.17) is 5.73 Å². The summed E-state index contributed by atoms with van der Waals surface area (Å²) in [5.74, 6) is -1.56. The third-order valence-electron chi connectivity index (χ3n) is 3.30. The predicted molar refractivity (Wildman–Crippen MR) is 78.5 cm³/mol. The summed E-state index contributed by atoms with van der Waals surface area (Å²) in [7, 11) is 0. The van der Waals surface area contributed by atoms with Crippen molar-refractivity contribution in [1.29, 1.82) is 0 Å². The van der Waals surface area contributed by atoms with E-state index in [-0.39, 0.29) is 35.2 Å². The first kappa shape index (κ1) is 13.7. The minimum atomic E-state index is -0.705. The molecule has 1 aliphatic heterocycles. The summed E-state index contributed by atoms with van der Waals surface area (Å²) >= 11 is 3.26. The second kappa shape index (κ2) is 4.96. The number of anilines is 2. The summed E-state index contributed by atoms with van der Waals surface area (Å²) in [4.78, 5) is 30.2. The number of benzene rings is 1. The summed E-state index contributed by atoms with van der Waals surface area (Å²) in [6.07, 6.45) is -0.0327. The van der Waals surface area contributed by atoms with Crippen molar-refractivity contribution in [2.45, 2.75) is 12.3 Å². The smallest absolute Gasteiger partial charge is 0.258 e. The Kier molecular flexibility index (Phi) is 3.25. The Morgan fingerprint density at radius 2 is 2.14 bits per heavy atom. The largest absolute Gasteiger partial charge is 0.369 e. The lowest BCUT2D eigenvalue weighted by Gasteiger charge is -2.24. The van der Waals surface area contributed by atoms with Gasteiger partial charge in [0, 0.05) is 16.8 Å². The first-order valence-electron chi connectivity index (χ1n) is 6.10. The van der Waals surface area contributed by atoms with Gasteiger partial charge in [0.2, 0.25) is 11.9 Å². The quantitative estimate of drug-likeness (QED) is 0.727. The maximum atomic E-state index is 14.1. The molecule has 21 heavy (non-hydrogen) atoms. The molecule has 0 spiro atoms. The first-order valence-corrected chi connectivity index (χ1v) is 6.89. The zero-order valence-corrected chi connectivity index (χ0v) is 12.2. The van der Waals surface area contributed by atoms with E-state index in [9.17, 15) is 14.0 Å². The number of carbonyl (C=O) groups is 1. The monoisotopic (exact) mass is 352 g/mol. The van der Waals surface area contributed by atoms with E-state index in [1.807, 2.05) is 0 Å². The highest BCUT2D eigenvalue weighted by Crippen LogP contribution is 2.36. The third-order valence-corrected chi connectivity index (χ3v) is 3.80. The summed E-state index contributed by atoms with van der Waals surface area (Å²) in [5, 5.41) is 2.49. The van der Waals surface area contributed by atoms with Gasteiger partial charge >= 0.3 is 0 Å². The van der Waals surface area contributed by atoms with Crippen LogP contribution in [0.3, 0.4) is 0 Å². The lowest BCUT2D eigenvalue weighted by atomic mass is 9.86. The van der Waals surface area contributed by atoms with Gasteiger partial charge in [-0.05, 0) is 23.8 Å². The Labute approximate surface area is 126 Å². The maximum absolute atomic E-state index is 14.1. The molecule has 1 amide bonds. The number of aromatic amines is 1. The number of aromatic nitrogens is 2. The first-order chi connectivity index (χ1) is 9.95. The number of H-pyrrole nitrogens is 1. The maximum Gasteiger partial charge on any atom is 0.258 e. The lowest BCUT2D eigenvalue weighted by Crippen LogP contribution is -2.32. The van der Waals surface area contributed by atoms with Gasteiger partial charge in [-0.25, -0.2) is 4.39 Å². The number of hydrogen-bond acceptors (Lipinski definition) is 4. The Balaban J connectivity index is 2.24. The van der Waals surface area contributed by atoms with Crippen LogP contribution in [0.25, 0.3) is 0 Å².